The van der Waals surface area contributed by atoms with Crippen molar-refractivity contribution in [1.29, 1.82) is 0 Å². The molecular formula is C16H14FN3O. The Kier molecular flexibility index (Phi) is 4.64. The summed E-state index contributed by atoms with van der Waals surface area (Å²) in [5, 5.41) is 2.63. The third kappa shape index (κ3) is 3.88. The van der Waals surface area contributed by atoms with Gasteiger partial charge in [0.05, 0.1) is 12.1 Å². The minimum Gasteiger partial charge on any atom is -0.320 e. The van der Waals surface area contributed by atoms with Gasteiger partial charge in [-0.15, -0.1) is 0 Å². The monoisotopic (exact) mass is 283 g/mol. The maximum Gasteiger partial charge on any atom is 0.258 e. The summed E-state index contributed by atoms with van der Waals surface area (Å²) < 4.78 is 13.4. The Labute approximate surface area is 122 Å². The van der Waals surface area contributed by atoms with Gasteiger partial charge in [-0.1, -0.05) is 17.9 Å². The van der Waals surface area contributed by atoms with E-state index in [2.05, 4.69) is 22.1 Å². The van der Waals surface area contributed by atoms with Crippen molar-refractivity contribution in [2.75, 3.05) is 11.9 Å². The normalized spacial score (nSPS) is 9.67. The van der Waals surface area contributed by atoms with Gasteiger partial charge in [0.2, 0.25) is 0 Å². The van der Waals surface area contributed by atoms with E-state index >= 15 is 0 Å². The van der Waals surface area contributed by atoms with Crippen LogP contribution >= 0.6 is 0 Å². The number of pyridine rings is 1. The Bertz CT molecular complexity index is 732. The number of rotatable bonds is 2. The first kappa shape index (κ1) is 14.7. The van der Waals surface area contributed by atoms with Crippen molar-refractivity contribution in [2.45, 2.75) is 6.92 Å². The molecule has 0 radical (unpaired) electrons. The topological polar surface area (TPSA) is 68.0 Å². The van der Waals surface area contributed by atoms with E-state index in [4.69, 9.17) is 5.73 Å². The van der Waals surface area contributed by atoms with E-state index in [1.807, 2.05) is 13.0 Å². The third-order valence-corrected chi connectivity index (χ3v) is 2.68. The van der Waals surface area contributed by atoms with E-state index in [0.29, 0.717) is 11.4 Å². The average molecular weight is 283 g/mol. The molecule has 0 saturated heterocycles. The van der Waals surface area contributed by atoms with Crippen LogP contribution < -0.4 is 11.1 Å². The SMILES string of the molecule is Cc1cccc(NC(=O)c2cc(F)ccc2C#CCN)n1. The van der Waals surface area contributed by atoms with Crippen molar-refractivity contribution in [3.05, 3.63) is 59.0 Å². The first-order chi connectivity index (χ1) is 10.1. The lowest BCUT2D eigenvalue weighted by atomic mass is 10.1. The Morgan fingerprint density at radius 2 is 2.19 bits per heavy atom. The summed E-state index contributed by atoms with van der Waals surface area (Å²) >= 11 is 0. The molecule has 0 aliphatic carbocycles. The predicted molar refractivity (Wildman–Crippen MR) is 79.3 cm³/mol. The summed E-state index contributed by atoms with van der Waals surface area (Å²) in [6, 6.07) is 9.11. The van der Waals surface area contributed by atoms with Gasteiger partial charge >= 0.3 is 0 Å². The number of hydrogen-bond donors (Lipinski definition) is 2. The van der Waals surface area contributed by atoms with Crippen molar-refractivity contribution < 1.29 is 9.18 Å². The Morgan fingerprint density at radius 1 is 1.38 bits per heavy atom. The van der Waals surface area contributed by atoms with E-state index in [1.54, 1.807) is 12.1 Å². The zero-order chi connectivity index (χ0) is 15.2. The number of benzene rings is 1. The van der Waals surface area contributed by atoms with E-state index in [-0.39, 0.29) is 12.1 Å². The number of nitrogens with zero attached hydrogens (tertiary/aromatic N) is 1. The van der Waals surface area contributed by atoms with Crippen LogP contribution in [0.15, 0.2) is 36.4 Å². The van der Waals surface area contributed by atoms with Gasteiger partial charge in [-0.05, 0) is 37.3 Å². The highest BCUT2D eigenvalue weighted by atomic mass is 19.1. The third-order valence-electron chi connectivity index (χ3n) is 2.68. The van der Waals surface area contributed by atoms with Gasteiger partial charge in [-0.2, -0.15) is 0 Å². The van der Waals surface area contributed by atoms with Crippen molar-refractivity contribution in [1.82, 2.24) is 4.98 Å². The van der Waals surface area contributed by atoms with E-state index in [1.165, 1.54) is 12.1 Å². The Hall–Kier alpha value is -2.71. The maximum atomic E-state index is 13.4. The molecule has 0 aliphatic heterocycles. The summed E-state index contributed by atoms with van der Waals surface area (Å²) in [5.74, 6) is 4.84. The first-order valence-electron chi connectivity index (χ1n) is 6.33. The van der Waals surface area contributed by atoms with E-state index < -0.39 is 11.7 Å². The summed E-state index contributed by atoms with van der Waals surface area (Å²) in [5.41, 5.74) is 6.66. The van der Waals surface area contributed by atoms with Crippen LogP contribution in [-0.4, -0.2) is 17.4 Å². The number of anilines is 1. The number of aryl methyl sites for hydroxylation is 1. The number of carbonyl (C=O) groups excluding carboxylic acids is 1. The van der Waals surface area contributed by atoms with Gasteiger partial charge in [-0.3, -0.25) is 4.79 Å². The molecule has 3 N–H and O–H groups in total. The second kappa shape index (κ2) is 6.64. The number of nitrogens with one attached hydrogen (secondary N) is 1. The second-order valence-electron chi connectivity index (χ2n) is 4.31. The highest BCUT2D eigenvalue weighted by molar-refractivity contribution is 6.05. The molecule has 2 aromatic rings. The molecule has 0 saturated carbocycles. The second-order valence-corrected chi connectivity index (χ2v) is 4.31. The molecular weight excluding hydrogens is 269 g/mol. The number of aromatic nitrogens is 1. The summed E-state index contributed by atoms with van der Waals surface area (Å²) in [4.78, 5) is 16.4. The highest BCUT2D eigenvalue weighted by Gasteiger charge is 2.12. The summed E-state index contributed by atoms with van der Waals surface area (Å²) in [7, 11) is 0. The first-order valence-corrected chi connectivity index (χ1v) is 6.33. The molecule has 1 amide bonds. The van der Waals surface area contributed by atoms with Gasteiger partial charge in [0, 0.05) is 11.3 Å². The molecule has 0 atom stereocenters. The average Bonchev–Trinajstić information content (AvgIpc) is 2.46. The van der Waals surface area contributed by atoms with Crippen LogP contribution in [0.3, 0.4) is 0 Å². The standard InChI is InChI=1S/C16H14FN3O/c1-11-4-2-6-15(19-11)20-16(21)14-10-13(17)8-7-12(14)5-3-9-18/h2,4,6-8,10H,9,18H2,1H3,(H,19,20,21). The Balaban J connectivity index is 2.32. The fourth-order valence-electron chi connectivity index (χ4n) is 1.76. The number of carbonyl (C=O) groups is 1. The van der Waals surface area contributed by atoms with E-state index in [0.717, 1.165) is 11.8 Å². The molecule has 21 heavy (non-hydrogen) atoms. The number of nitrogens with two attached hydrogens (primary N) is 1. The van der Waals surface area contributed by atoms with Gasteiger partial charge in [0.15, 0.2) is 0 Å². The van der Waals surface area contributed by atoms with Crippen LogP contribution in [-0.2, 0) is 0 Å². The largest absolute Gasteiger partial charge is 0.320 e. The van der Waals surface area contributed by atoms with Crippen molar-refractivity contribution >= 4 is 11.7 Å². The minimum atomic E-state index is -0.504. The predicted octanol–water partition coefficient (Wildman–Crippen LogP) is 2.09. The maximum absolute atomic E-state index is 13.4. The molecule has 1 heterocycles. The molecule has 0 aliphatic rings. The lowest BCUT2D eigenvalue weighted by molar-refractivity contribution is 0.102. The zero-order valence-corrected chi connectivity index (χ0v) is 11.5. The fraction of sp³-hybridized carbons (Fsp3) is 0.125. The highest BCUT2D eigenvalue weighted by Crippen LogP contribution is 2.13. The molecule has 0 unspecified atom stereocenters. The number of amides is 1. The van der Waals surface area contributed by atoms with Gasteiger partial charge in [0.25, 0.3) is 5.91 Å². The molecule has 0 fully saturated rings. The van der Waals surface area contributed by atoms with Crippen molar-refractivity contribution in [3.63, 3.8) is 0 Å². The van der Waals surface area contributed by atoms with Gasteiger partial charge in [0.1, 0.15) is 11.6 Å². The lowest BCUT2D eigenvalue weighted by Crippen LogP contribution is -2.15. The van der Waals surface area contributed by atoms with Gasteiger partial charge in [-0.25, -0.2) is 9.37 Å². The van der Waals surface area contributed by atoms with Crippen LogP contribution in [0, 0.1) is 24.6 Å². The van der Waals surface area contributed by atoms with Crippen molar-refractivity contribution in [2.24, 2.45) is 5.73 Å². The molecule has 4 nitrogen and oxygen atoms in total. The van der Waals surface area contributed by atoms with Crippen LogP contribution in [0.4, 0.5) is 10.2 Å². The number of hydrogen-bond acceptors (Lipinski definition) is 3. The summed E-state index contributed by atoms with van der Waals surface area (Å²) in [6.45, 7) is 1.98. The zero-order valence-electron chi connectivity index (χ0n) is 11.5. The van der Waals surface area contributed by atoms with Crippen LogP contribution in [0.25, 0.3) is 0 Å². The quantitative estimate of drug-likeness (QED) is 0.829. The smallest absolute Gasteiger partial charge is 0.258 e. The number of halogens is 1. The molecule has 5 heteroatoms. The Morgan fingerprint density at radius 3 is 2.90 bits per heavy atom. The van der Waals surface area contributed by atoms with Crippen LogP contribution in [0.5, 0.6) is 0 Å². The van der Waals surface area contributed by atoms with Crippen LogP contribution in [0.2, 0.25) is 0 Å². The molecule has 1 aromatic carbocycles. The molecule has 1 aromatic heterocycles. The molecule has 0 bridgehead atoms. The lowest BCUT2D eigenvalue weighted by Gasteiger charge is -2.07. The molecule has 106 valence electrons. The molecule has 2 rings (SSSR count). The van der Waals surface area contributed by atoms with Crippen LogP contribution in [0.1, 0.15) is 21.6 Å². The summed E-state index contributed by atoms with van der Waals surface area (Å²) in [6.07, 6.45) is 0. The van der Waals surface area contributed by atoms with Gasteiger partial charge < -0.3 is 11.1 Å². The van der Waals surface area contributed by atoms with Crippen molar-refractivity contribution in [3.8, 4) is 11.8 Å². The van der Waals surface area contributed by atoms with E-state index in [9.17, 15) is 9.18 Å². The minimum absolute atomic E-state index is 0.152. The fourth-order valence-corrected chi connectivity index (χ4v) is 1.76. The molecule has 0 spiro atoms.